The Bertz CT molecular complexity index is 633. The molecule has 0 radical (unpaired) electrons. The summed E-state index contributed by atoms with van der Waals surface area (Å²) in [6.45, 7) is 16.1. The average molecular weight is 468 g/mol. The van der Waals surface area contributed by atoms with Crippen LogP contribution >= 0.6 is 0 Å². The number of hydrogen-bond donors (Lipinski definition) is 0. The molecule has 3 aliphatic rings. The SMILES string of the molecule is CC[N+]12CC[N+](CC)(CC1)CC2.O=S(=O)([O-])C(F)(F)F.O=S(=O)([O-])C(F)(F)F. The molecule has 3 rings (SSSR count). The number of likely N-dealkylation sites (N-methyl/N-ethyl adjacent to an activating group) is 2. The van der Waals surface area contributed by atoms with E-state index < -0.39 is 31.3 Å². The Labute approximate surface area is 159 Å². The lowest BCUT2D eigenvalue weighted by Gasteiger charge is -2.55. The fourth-order valence-electron chi connectivity index (χ4n) is 2.89. The van der Waals surface area contributed by atoms with Crippen LogP contribution in [0.15, 0.2) is 0 Å². The van der Waals surface area contributed by atoms with Gasteiger partial charge in [-0.1, -0.05) is 0 Å². The third-order valence-electron chi connectivity index (χ3n) is 5.05. The Kier molecular flexibility index (Phi) is 8.77. The van der Waals surface area contributed by atoms with Crippen molar-refractivity contribution in [1.29, 1.82) is 0 Å². The molecule has 0 aromatic rings. The number of piperazine rings is 3. The van der Waals surface area contributed by atoms with Crippen molar-refractivity contribution in [2.24, 2.45) is 0 Å². The molecular weight excluding hydrogens is 446 g/mol. The van der Waals surface area contributed by atoms with E-state index in [1.54, 1.807) is 0 Å². The smallest absolute Gasteiger partial charge is 0.485 e. The minimum absolute atomic E-state index is 1.36. The van der Waals surface area contributed by atoms with Gasteiger partial charge in [0, 0.05) is 0 Å². The van der Waals surface area contributed by atoms with Gasteiger partial charge in [-0.25, -0.2) is 16.8 Å². The Morgan fingerprint density at radius 1 is 0.643 bits per heavy atom. The molecule has 3 saturated heterocycles. The fourth-order valence-corrected chi connectivity index (χ4v) is 2.89. The van der Waals surface area contributed by atoms with Crippen molar-refractivity contribution in [3.63, 3.8) is 0 Å². The summed E-state index contributed by atoms with van der Waals surface area (Å²) in [5.74, 6) is 0. The van der Waals surface area contributed by atoms with Crippen molar-refractivity contribution in [2.45, 2.75) is 24.9 Å². The second kappa shape index (κ2) is 8.99. The molecule has 3 heterocycles. The summed E-state index contributed by atoms with van der Waals surface area (Å²) in [6, 6.07) is 0. The lowest BCUT2D eigenvalue weighted by molar-refractivity contribution is -1.08. The summed E-state index contributed by atoms with van der Waals surface area (Å²) in [4.78, 5) is 0. The van der Waals surface area contributed by atoms with Crippen LogP contribution < -0.4 is 0 Å². The summed E-state index contributed by atoms with van der Waals surface area (Å²) in [5, 5.41) is 0. The number of halogens is 6. The molecule has 28 heavy (non-hydrogen) atoms. The van der Waals surface area contributed by atoms with Crippen molar-refractivity contribution in [1.82, 2.24) is 0 Å². The minimum atomic E-state index is -6.09. The lowest BCUT2D eigenvalue weighted by atomic mass is 10.1. The fraction of sp³-hybridized carbons (Fsp3) is 1.00. The zero-order chi connectivity index (χ0) is 22.7. The molecule has 16 heteroatoms. The van der Waals surface area contributed by atoms with Gasteiger partial charge in [-0.3, -0.25) is 0 Å². The summed E-state index contributed by atoms with van der Waals surface area (Å²) in [6.07, 6.45) is 0. The number of quaternary nitrogens is 2. The predicted molar refractivity (Wildman–Crippen MR) is 82.3 cm³/mol. The van der Waals surface area contributed by atoms with Crippen LogP contribution in [0.3, 0.4) is 0 Å². The van der Waals surface area contributed by atoms with Crippen LogP contribution in [-0.4, -0.2) is 98.3 Å². The van der Waals surface area contributed by atoms with E-state index in [1.165, 1.54) is 61.3 Å². The van der Waals surface area contributed by atoms with Crippen molar-refractivity contribution >= 4 is 20.2 Å². The first kappa shape index (κ1) is 27.3. The largest absolute Gasteiger partial charge is 0.741 e. The van der Waals surface area contributed by atoms with Crippen LogP contribution in [-0.2, 0) is 20.2 Å². The Balaban J connectivity index is 0.000000408. The molecule has 0 aromatic carbocycles. The van der Waals surface area contributed by atoms with Gasteiger partial charge in [0.2, 0.25) is 0 Å². The molecule has 0 unspecified atom stereocenters. The third kappa shape index (κ3) is 7.62. The quantitative estimate of drug-likeness (QED) is 0.256. The highest BCUT2D eigenvalue weighted by Crippen LogP contribution is 2.25. The van der Waals surface area contributed by atoms with E-state index in [-0.39, 0.29) is 0 Å². The molecule has 2 bridgehead atoms. The summed E-state index contributed by atoms with van der Waals surface area (Å²) >= 11 is 0. The number of hydrogen-bond acceptors (Lipinski definition) is 6. The van der Waals surface area contributed by atoms with E-state index in [2.05, 4.69) is 13.8 Å². The van der Waals surface area contributed by atoms with Crippen LogP contribution in [0.2, 0.25) is 0 Å². The molecule has 0 N–H and O–H groups in total. The van der Waals surface area contributed by atoms with Gasteiger partial charge in [0.25, 0.3) is 0 Å². The first-order chi connectivity index (χ1) is 12.2. The first-order valence-electron chi connectivity index (χ1n) is 7.99. The van der Waals surface area contributed by atoms with Crippen LogP contribution in [0.25, 0.3) is 0 Å². The number of nitrogens with zero attached hydrogens (tertiary/aromatic N) is 2. The van der Waals surface area contributed by atoms with E-state index in [0.717, 1.165) is 0 Å². The van der Waals surface area contributed by atoms with Crippen LogP contribution in [0.5, 0.6) is 0 Å². The van der Waals surface area contributed by atoms with Crippen molar-refractivity contribution < 1.29 is 61.2 Å². The van der Waals surface area contributed by atoms with E-state index in [4.69, 9.17) is 25.9 Å². The summed E-state index contributed by atoms with van der Waals surface area (Å²) in [7, 11) is -12.2. The molecular formula is C12H22F6N2O6S2. The highest BCUT2D eigenvalue weighted by atomic mass is 32.2. The summed E-state index contributed by atoms with van der Waals surface area (Å²) in [5.41, 5.74) is -11.3. The van der Waals surface area contributed by atoms with Crippen LogP contribution in [0, 0.1) is 0 Å². The maximum Gasteiger partial charge on any atom is 0.485 e. The van der Waals surface area contributed by atoms with Crippen molar-refractivity contribution in [2.75, 3.05) is 52.4 Å². The predicted octanol–water partition coefficient (Wildman–Crippen LogP) is 0.790. The van der Waals surface area contributed by atoms with Gasteiger partial charge < -0.3 is 18.1 Å². The Morgan fingerprint density at radius 2 is 0.786 bits per heavy atom. The molecule has 3 fully saturated rings. The molecule has 0 aliphatic carbocycles. The topological polar surface area (TPSA) is 114 Å². The second-order valence-electron chi connectivity index (χ2n) is 6.46. The number of alkyl halides is 6. The molecule has 0 aromatic heterocycles. The van der Waals surface area contributed by atoms with Gasteiger partial charge >= 0.3 is 11.0 Å². The molecule has 8 nitrogen and oxygen atoms in total. The van der Waals surface area contributed by atoms with Crippen molar-refractivity contribution in [3.05, 3.63) is 0 Å². The van der Waals surface area contributed by atoms with E-state index in [0.29, 0.717) is 0 Å². The lowest BCUT2D eigenvalue weighted by Crippen LogP contribution is -2.74. The number of fused-ring (bicyclic) bond motifs is 3. The zero-order valence-corrected chi connectivity index (χ0v) is 16.7. The van der Waals surface area contributed by atoms with Gasteiger partial charge in [-0.2, -0.15) is 26.3 Å². The molecule has 170 valence electrons. The molecule has 0 amide bonds. The maximum absolute atomic E-state index is 10.7. The van der Waals surface area contributed by atoms with E-state index in [1.807, 2.05) is 0 Å². The van der Waals surface area contributed by atoms with Gasteiger partial charge in [0.1, 0.15) is 39.3 Å². The average Bonchev–Trinajstić information content (AvgIpc) is 2.54. The van der Waals surface area contributed by atoms with Crippen LogP contribution in [0.4, 0.5) is 26.3 Å². The van der Waals surface area contributed by atoms with Crippen LogP contribution in [0.1, 0.15) is 13.8 Å². The first-order valence-corrected chi connectivity index (χ1v) is 10.8. The minimum Gasteiger partial charge on any atom is -0.741 e. The monoisotopic (exact) mass is 468 g/mol. The van der Waals surface area contributed by atoms with Gasteiger partial charge in [-0.15, -0.1) is 0 Å². The highest BCUT2D eigenvalue weighted by Gasteiger charge is 2.46. The second-order valence-corrected chi connectivity index (χ2v) is 9.20. The molecule has 0 spiro atoms. The molecule has 0 saturated carbocycles. The van der Waals surface area contributed by atoms with Crippen molar-refractivity contribution in [3.8, 4) is 0 Å². The molecule has 3 aliphatic heterocycles. The highest BCUT2D eigenvalue weighted by molar-refractivity contribution is 7.86. The normalized spacial score (nSPS) is 27.9. The summed E-state index contributed by atoms with van der Waals surface area (Å²) < 4.78 is 121. The van der Waals surface area contributed by atoms with Gasteiger partial charge in [-0.05, 0) is 13.8 Å². The Hall–Kier alpha value is -0.680. The zero-order valence-electron chi connectivity index (χ0n) is 15.1. The van der Waals surface area contributed by atoms with E-state index >= 15 is 0 Å². The maximum atomic E-state index is 10.7. The third-order valence-corrected chi connectivity index (χ3v) is 6.19. The van der Waals surface area contributed by atoms with Gasteiger partial charge in [0.05, 0.1) is 13.1 Å². The standard InChI is InChI=1S/C10H22N2.2CHF3O3S/c1-3-11-5-8-12(4-2,9-6-11)10-7-11;2*2-1(3,4)8(5,6)7/h3-10H2,1-2H3;2*(H,5,6,7)/q+2;;/p-2. The number of rotatable bonds is 2. The van der Waals surface area contributed by atoms with E-state index in [9.17, 15) is 26.3 Å². The van der Waals surface area contributed by atoms with Gasteiger partial charge in [0.15, 0.2) is 20.2 Å². The Morgan fingerprint density at radius 3 is 0.857 bits per heavy atom. The molecule has 0 atom stereocenters.